The fourth-order valence-corrected chi connectivity index (χ4v) is 2.26. The van der Waals surface area contributed by atoms with Gasteiger partial charge in [0.05, 0.1) is 26.4 Å². The number of methoxy groups -OCH3 is 1. The molecule has 1 saturated heterocycles. The third-order valence-electron chi connectivity index (χ3n) is 3.25. The smallest absolute Gasteiger partial charge is 0.193 e. The molecule has 0 aliphatic carbocycles. The van der Waals surface area contributed by atoms with Crippen molar-refractivity contribution in [3.8, 4) is 11.8 Å². The number of benzene rings is 1. The number of hydrogen-bond acceptors (Lipinski definition) is 6. The van der Waals surface area contributed by atoms with Crippen molar-refractivity contribution in [1.82, 2.24) is 0 Å². The molecule has 1 atom stereocenters. The number of nitrogens with zero attached hydrogens (tertiary/aromatic N) is 2. The summed E-state index contributed by atoms with van der Waals surface area (Å²) < 4.78 is 16.4. The number of rotatable bonds is 5. The lowest BCUT2D eigenvalue weighted by molar-refractivity contribution is -0.158. The van der Waals surface area contributed by atoms with E-state index in [1.165, 1.54) is 6.21 Å². The summed E-state index contributed by atoms with van der Waals surface area (Å²) in [4.78, 5) is 0. The Labute approximate surface area is 117 Å². The lowest BCUT2D eigenvalue weighted by Gasteiger charge is -2.30. The SMILES string of the molecule is COc1ccc(C(C#N)C2(CC=NO)OCCO2)cc1. The molecule has 6 heteroatoms. The highest BCUT2D eigenvalue weighted by Crippen LogP contribution is 2.38. The summed E-state index contributed by atoms with van der Waals surface area (Å²) in [6, 6.07) is 9.38. The quantitative estimate of drug-likeness (QED) is 0.504. The van der Waals surface area contributed by atoms with Crippen LogP contribution in [0.5, 0.6) is 5.75 Å². The Hall–Kier alpha value is -2.10. The van der Waals surface area contributed by atoms with Gasteiger partial charge in [0.2, 0.25) is 0 Å². The molecule has 6 nitrogen and oxygen atoms in total. The van der Waals surface area contributed by atoms with Gasteiger partial charge in [-0.3, -0.25) is 0 Å². The van der Waals surface area contributed by atoms with Gasteiger partial charge in [-0.25, -0.2) is 0 Å². The Morgan fingerprint density at radius 2 is 2.10 bits per heavy atom. The average Bonchev–Trinajstić information content (AvgIpc) is 2.96. The van der Waals surface area contributed by atoms with Crippen LogP contribution in [0.25, 0.3) is 0 Å². The lowest BCUT2D eigenvalue weighted by atomic mass is 9.89. The van der Waals surface area contributed by atoms with Crippen LogP contribution in [-0.4, -0.2) is 37.5 Å². The largest absolute Gasteiger partial charge is 0.497 e. The van der Waals surface area contributed by atoms with Gasteiger partial charge in [-0.2, -0.15) is 5.26 Å². The molecule has 0 amide bonds. The van der Waals surface area contributed by atoms with Crippen molar-refractivity contribution in [2.75, 3.05) is 20.3 Å². The van der Waals surface area contributed by atoms with Crippen LogP contribution in [0.1, 0.15) is 17.9 Å². The second-order valence-electron chi connectivity index (χ2n) is 4.35. The van der Waals surface area contributed by atoms with Crippen molar-refractivity contribution >= 4 is 6.21 Å². The minimum absolute atomic E-state index is 0.202. The topological polar surface area (TPSA) is 84.1 Å². The lowest BCUT2D eigenvalue weighted by Crippen LogP contribution is -2.37. The predicted molar refractivity (Wildman–Crippen MR) is 70.9 cm³/mol. The summed E-state index contributed by atoms with van der Waals surface area (Å²) in [5, 5.41) is 21.0. The van der Waals surface area contributed by atoms with E-state index >= 15 is 0 Å². The Morgan fingerprint density at radius 1 is 1.45 bits per heavy atom. The maximum Gasteiger partial charge on any atom is 0.193 e. The molecule has 106 valence electrons. The first kappa shape index (κ1) is 14.3. The molecule has 1 aromatic rings. The molecule has 0 bridgehead atoms. The Kier molecular flexibility index (Phi) is 4.56. The Bertz CT molecular complexity index is 501. The molecule has 0 radical (unpaired) electrons. The van der Waals surface area contributed by atoms with Gasteiger partial charge in [-0.05, 0) is 17.7 Å². The molecular formula is C14H16N2O4. The first-order chi connectivity index (χ1) is 9.75. The minimum Gasteiger partial charge on any atom is -0.497 e. The zero-order chi connectivity index (χ0) is 14.4. The van der Waals surface area contributed by atoms with E-state index in [-0.39, 0.29) is 6.42 Å². The number of nitriles is 1. The zero-order valence-electron chi connectivity index (χ0n) is 11.2. The minimum atomic E-state index is -1.10. The van der Waals surface area contributed by atoms with Crippen molar-refractivity contribution in [1.29, 1.82) is 5.26 Å². The summed E-state index contributed by atoms with van der Waals surface area (Å²) >= 11 is 0. The van der Waals surface area contributed by atoms with E-state index in [0.29, 0.717) is 19.0 Å². The molecule has 20 heavy (non-hydrogen) atoms. The van der Waals surface area contributed by atoms with Gasteiger partial charge in [-0.1, -0.05) is 12.1 Å². The van der Waals surface area contributed by atoms with Crippen LogP contribution in [-0.2, 0) is 9.47 Å². The average molecular weight is 276 g/mol. The summed E-state index contributed by atoms with van der Waals surface area (Å²) in [6.07, 6.45) is 1.48. The third kappa shape index (κ3) is 2.74. The van der Waals surface area contributed by atoms with E-state index in [2.05, 4.69) is 11.2 Å². The molecule has 1 unspecified atom stereocenters. The van der Waals surface area contributed by atoms with Crippen molar-refractivity contribution in [2.24, 2.45) is 5.16 Å². The first-order valence-corrected chi connectivity index (χ1v) is 6.23. The third-order valence-corrected chi connectivity index (χ3v) is 3.25. The summed E-state index contributed by atoms with van der Waals surface area (Å²) in [5.74, 6) is -1.01. The highest BCUT2D eigenvalue weighted by molar-refractivity contribution is 5.58. The number of oxime groups is 1. The van der Waals surface area contributed by atoms with Gasteiger partial charge in [0.1, 0.15) is 11.7 Å². The number of hydrogen-bond donors (Lipinski definition) is 1. The van der Waals surface area contributed by atoms with Gasteiger partial charge in [-0.15, -0.1) is 5.16 Å². The predicted octanol–water partition coefficient (Wildman–Crippen LogP) is 1.90. The maximum absolute atomic E-state index is 9.48. The molecular weight excluding hydrogens is 260 g/mol. The zero-order valence-corrected chi connectivity index (χ0v) is 11.2. The molecule has 1 fully saturated rings. The molecule has 0 aromatic heterocycles. The van der Waals surface area contributed by atoms with E-state index in [4.69, 9.17) is 19.4 Å². The summed E-state index contributed by atoms with van der Waals surface area (Å²) in [5.41, 5.74) is 0.765. The van der Waals surface area contributed by atoms with Gasteiger partial charge >= 0.3 is 0 Å². The molecule has 0 spiro atoms. The molecule has 1 aliphatic rings. The van der Waals surface area contributed by atoms with E-state index < -0.39 is 11.7 Å². The van der Waals surface area contributed by atoms with Gasteiger partial charge in [0, 0.05) is 12.6 Å². The van der Waals surface area contributed by atoms with Crippen molar-refractivity contribution in [3.63, 3.8) is 0 Å². The van der Waals surface area contributed by atoms with Crippen LogP contribution in [0.3, 0.4) is 0 Å². The van der Waals surface area contributed by atoms with Crippen molar-refractivity contribution < 1.29 is 19.4 Å². The standard InChI is InChI=1S/C14H16N2O4/c1-18-12-4-2-11(3-5-12)13(10-15)14(6-7-16-17)19-8-9-20-14/h2-5,7,13,17H,6,8-9H2,1H3. The van der Waals surface area contributed by atoms with E-state index in [1.54, 1.807) is 31.4 Å². The molecule has 1 N–H and O–H groups in total. The molecule has 1 aromatic carbocycles. The molecule has 1 aliphatic heterocycles. The van der Waals surface area contributed by atoms with Gasteiger partial charge in [0.15, 0.2) is 5.79 Å². The van der Waals surface area contributed by atoms with Crippen molar-refractivity contribution in [3.05, 3.63) is 29.8 Å². The highest BCUT2D eigenvalue weighted by Gasteiger charge is 2.45. The van der Waals surface area contributed by atoms with Crippen molar-refractivity contribution in [2.45, 2.75) is 18.1 Å². The normalized spacial score (nSPS) is 18.8. The first-order valence-electron chi connectivity index (χ1n) is 6.23. The second-order valence-corrected chi connectivity index (χ2v) is 4.35. The molecule has 2 rings (SSSR count). The van der Waals surface area contributed by atoms with Crippen LogP contribution in [0, 0.1) is 11.3 Å². The maximum atomic E-state index is 9.48. The monoisotopic (exact) mass is 276 g/mol. The van der Waals surface area contributed by atoms with E-state index in [1.807, 2.05) is 0 Å². The van der Waals surface area contributed by atoms with E-state index in [0.717, 1.165) is 5.56 Å². The van der Waals surface area contributed by atoms with Crippen LogP contribution in [0.4, 0.5) is 0 Å². The van der Waals surface area contributed by atoms with Crippen LogP contribution < -0.4 is 4.74 Å². The van der Waals surface area contributed by atoms with Crippen LogP contribution in [0.15, 0.2) is 29.4 Å². The molecule has 0 saturated carbocycles. The van der Waals surface area contributed by atoms with Gasteiger partial charge in [0.25, 0.3) is 0 Å². The fourth-order valence-electron chi connectivity index (χ4n) is 2.26. The number of ether oxygens (including phenoxy) is 3. The Morgan fingerprint density at radius 3 is 2.60 bits per heavy atom. The highest BCUT2D eigenvalue weighted by atomic mass is 16.7. The Balaban J connectivity index is 2.30. The molecule has 1 heterocycles. The summed E-state index contributed by atoms with van der Waals surface area (Å²) in [7, 11) is 1.58. The van der Waals surface area contributed by atoms with Crippen LogP contribution in [0.2, 0.25) is 0 Å². The fraction of sp³-hybridized carbons (Fsp3) is 0.429. The van der Waals surface area contributed by atoms with Crippen LogP contribution >= 0.6 is 0 Å². The van der Waals surface area contributed by atoms with Gasteiger partial charge < -0.3 is 19.4 Å². The van der Waals surface area contributed by atoms with E-state index in [9.17, 15) is 5.26 Å². The second kappa shape index (κ2) is 6.37. The summed E-state index contributed by atoms with van der Waals surface area (Å²) in [6.45, 7) is 0.821.